The number of likely N-dealkylation sites (tertiary alicyclic amines) is 1. The molecule has 1 unspecified atom stereocenters. The molecule has 0 saturated carbocycles. The number of aromatic nitrogens is 2. The van der Waals surface area contributed by atoms with Crippen molar-refractivity contribution in [1.82, 2.24) is 14.5 Å². The summed E-state index contributed by atoms with van der Waals surface area (Å²) in [7, 11) is 1.79. The van der Waals surface area contributed by atoms with Crippen LogP contribution in [0.4, 0.5) is 0 Å². The Balaban J connectivity index is 2.14. The second-order valence-corrected chi connectivity index (χ2v) is 4.38. The van der Waals surface area contributed by atoms with Crippen LogP contribution in [0.5, 0.6) is 0 Å². The first-order valence-corrected chi connectivity index (χ1v) is 5.33. The predicted octanol–water partition coefficient (Wildman–Crippen LogP) is 0.0300. The highest BCUT2D eigenvalue weighted by atomic mass is 16.2. The number of nitrogens with zero attached hydrogens (tertiary/aromatic N) is 3. The molecular formula is C11H15N3O2. The molecule has 86 valence electrons. The summed E-state index contributed by atoms with van der Waals surface area (Å²) in [5, 5.41) is 0. The number of aryl methyl sites for hydroxylation is 1. The molecule has 5 nitrogen and oxygen atoms in total. The molecule has 0 spiro atoms. The van der Waals surface area contributed by atoms with Gasteiger partial charge in [0.2, 0.25) is 5.91 Å². The fraction of sp³-hybridized carbons (Fsp3) is 0.545. The summed E-state index contributed by atoms with van der Waals surface area (Å²) in [5.41, 5.74) is 0.622. The normalized spacial score (nSPS) is 20.5. The van der Waals surface area contributed by atoms with Crippen molar-refractivity contribution in [2.75, 3.05) is 13.6 Å². The molecule has 1 aromatic rings. The highest BCUT2D eigenvalue weighted by molar-refractivity contribution is 5.78. The third kappa shape index (κ3) is 1.98. The van der Waals surface area contributed by atoms with Crippen molar-refractivity contribution in [2.24, 2.45) is 5.92 Å². The average Bonchev–Trinajstić information content (AvgIpc) is 2.54. The van der Waals surface area contributed by atoms with E-state index in [1.807, 2.05) is 0 Å². The standard InChI is InChI=1S/C11H15N3O2/c1-8-4-12-7-14(11(8)16)6-9-3-10(15)13(2)5-9/h4,7,9H,3,5-6H2,1-2H3. The Morgan fingerprint density at radius 1 is 1.50 bits per heavy atom. The zero-order chi connectivity index (χ0) is 11.7. The minimum Gasteiger partial charge on any atom is -0.345 e. The lowest BCUT2D eigenvalue weighted by Crippen LogP contribution is -2.27. The minimum absolute atomic E-state index is 0.0167. The van der Waals surface area contributed by atoms with Gasteiger partial charge in [0.15, 0.2) is 0 Å². The summed E-state index contributed by atoms with van der Waals surface area (Å²) >= 11 is 0. The Labute approximate surface area is 93.7 Å². The molecule has 1 aliphatic heterocycles. The van der Waals surface area contributed by atoms with Crippen LogP contribution in [-0.2, 0) is 11.3 Å². The van der Waals surface area contributed by atoms with E-state index in [2.05, 4.69) is 4.98 Å². The lowest BCUT2D eigenvalue weighted by atomic mass is 10.1. The molecule has 0 radical (unpaired) electrons. The van der Waals surface area contributed by atoms with E-state index in [4.69, 9.17) is 0 Å². The monoisotopic (exact) mass is 221 g/mol. The zero-order valence-corrected chi connectivity index (χ0v) is 9.51. The first-order chi connectivity index (χ1) is 7.58. The largest absolute Gasteiger partial charge is 0.345 e. The number of hydrogen-bond acceptors (Lipinski definition) is 3. The SMILES string of the molecule is Cc1cncn(CC2CC(=O)N(C)C2)c1=O. The van der Waals surface area contributed by atoms with E-state index in [0.717, 1.165) is 6.54 Å². The van der Waals surface area contributed by atoms with Crippen LogP contribution in [0.3, 0.4) is 0 Å². The van der Waals surface area contributed by atoms with Gasteiger partial charge in [-0.05, 0) is 6.92 Å². The maximum absolute atomic E-state index is 11.7. The second-order valence-electron chi connectivity index (χ2n) is 4.38. The molecule has 1 fully saturated rings. The zero-order valence-electron chi connectivity index (χ0n) is 9.51. The molecule has 0 N–H and O–H groups in total. The fourth-order valence-electron chi connectivity index (χ4n) is 2.05. The molecule has 2 rings (SSSR count). The highest BCUT2D eigenvalue weighted by Gasteiger charge is 2.27. The average molecular weight is 221 g/mol. The van der Waals surface area contributed by atoms with Gasteiger partial charge in [0.1, 0.15) is 0 Å². The van der Waals surface area contributed by atoms with Crippen LogP contribution in [0.2, 0.25) is 0 Å². The van der Waals surface area contributed by atoms with E-state index in [1.165, 1.54) is 6.33 Å². The summed E-state index contributed by atoms with van der Waals surface area (Å²) in [5.74, 6) is 0.373. The van der Waals surface area contributed by atoms with Gasteiger partial charge >= 0.3 is 0 Å². The van der Waals surface area contributed by atoms with Crippen molar-refractivity contribution < 1.29 is 4.79 Å². The van der Waals surface area contributed by atoms with Crippen molar-refractivity contribution in [3.8, 4) is 0 Å². The lowest BCUT2D eigenvalue weighted by Gasteiger charge is -2.11. The third-order valence-corrected chi connectivity index (χ3v) is 2.95. The molecule has 1 atom stereocenters. The number of amides is 1. The number of hydrogen-bond donors (Lipinski definition) is 0. The Morgan fingerprint density at radius 2 is 2.25 bits per heavy atom. The van der Waals surface area contributed by atoms with Crippen molar-refractivity contribution in [3.05, 3.63) is 28.4 Å². The van der Waals surface area contributed by atoms with Gasteiger partial charge in [-0.15, -0.1) is 0 Å². The molecule has 1 aliphatic rings. The van der Waals surface area contributed by atoms with Crippen LogP contribution < -0.4 is 5.56 Å². The van der Waals surface area contributed by atoms with Gasteiger partial charge in [-0.2, -0.15) is 0 Å². The van der Waals surface area contributed by atoms with Crippen LogP contribution in [0.15, 0.2) is 17.3 Å². The van der Waals surface area contributed by atoms with E-state index < -0.39 is 0 Å². The molecule has 2 heterocycles. The van der Waals surface area contributed by atoms with E-state index >= 15 is 0 Å². The Kier molecular flexibility index (Phi) is 2.77. The molecule has 0 bridgehead atoms. The molecule has 1 amide bonds. The van der Waals surface area contributed by atoms with Gasteiger partial charge in [-0.1, -0.05) is 0 Å². The van der Waals surface area contributed by atoms with Crippen LogP contribution in [-0.4, -0.2) is 34.0 Å². The second kappa shape index (κ2) is 4.08. The summed E-state index contributed by atoms with van der Waals surface area (Å²) < 4.78 is 1.59. The summed E-state index contributed by atoms with van der Waals surface area (Å²) in [6.07, 6.45) is 3.62. The third-order valence-electron chi connectivity index (χ3n) is 2.95. The van der Waals surface area contributed by atoms with Crippen molar-refractivity contribution >= 4 is 5.91 Å². The maximum atomic E-state index is 11.7. The van der Waals surface area contributed by atoms with Crippen molar-refractivity contribution in [2.45, 2.75) is 19.9 Å². The van der Waals surface area contributed by atoms with Crippen LogP contribution >= 0.6 is 0 Å². The van der Waals surface area contributed by atoms with E-state index in [9.17, 15) is 9.59 Å². The summed E-state index contributed by atoms with van der Waals surface area (Å²) in [6, 6.07) is 0. The molecule has 1 saturated heterocycles. The summed E-state index contributed by atoms with van der Waals surface area (Å²) in [4.78, 5) is 28.8. The molecule has 5 heteroatoms. The molecule has 0 aliphatic carbocycles. The molecular weight excluding hydrogens is 206 g/mol. The number of carbonyl (C=O) groups excluding carboxylic acids is 1. The topological polar surface area (TPSA) is 55.2 Å². The van der Waals surface area contributed by atoms with Gasteiger partial charge in [0.25, 0.3) is 5.56 Å². The quantitative estimate of drug-likeness (QED) is 0.708. The van der Waals surface area contributed by atoms with E-state index in [0.29, 0.717) is 18.5 Å². The molecule has 1 aromatic heterocycles. The van der Waals surface area contributed by atoms with E-state index in [1.54, 1.807) is 29.6 Å². The van der Waals surface area contributed by atoms with Gasteiger partial charge in [-0.3, -0.25) is 14.2 Å². The minimum atomic E-state index is -0.0167. The van der Waals surface area contributed by atoms with Gasteiger partial charge in [-0.25, -0.2) is 4.98 Å². The molecule has 0 aromatic carbocycles. The molecule has 16 heavy (non-hydrogen) atoms. The van der Waals surface area contributed by atoms with Crippen LogP contribution in [0, 0.1) is 12.8 Å². The number of rotatable bonds is 2. The maximum Gasteiger partial charge on any atom is 0.256 e. The van der Waals surface area contributed by atoms with E-state index in [-0.39, 0.29) is 17.4 Å². The van der Waals surface area contributed by atoms with Crippen LogP contribution in [0.1, 0.15) is 12.0 Å². The van der Waals surface area contributed by atoms with Crippen molar-refractivity contribution in [3.63, 3.8) is 0 Å². The van der Waals surface area contributed by atoms with Crippen molar-refractivity contribution in [1.29, 1.82) is 0 Å². The van der Waals surface area contributed by atoms with Gasteiger partial charge in [0.05, 0.1) is 6.33 Å². The Morgan fingerprint density at radius 3 is 2.88 bits per heavy atom. The van der Waals surface area contributed by atoms with Gasteiger partial charge < -0.3 is 4.90 Å². The lowest BCUT2D eigenvalue weighted by molar-refractivity contribution is -0.126. The smallest absolute Gasteiger partial charge is 0.256 e. The Bertz CT molecular complexity index is 467. The highest BCUT2D eigenvalue weighted by Crippen LogP contribution is 2.16. The predicted molar refractivity (Wildman–Crippen MR) is 59.0 cm³/mol. The van der Waals surface area contributed by atoms with Crippen LogP contribution in [0.25, 0.3) is 0 Å². The fourth-order valence-corrected chi connectivity index (χ4v) is 2.05. The first-order valence-electron chi connectivity index (χ1n) is 5.33. The summed E-state index contributed by atoms with van der Waals surface area (Å²) in [6.45, 7) is 3.04. The Hall–Kier alpha value is -1.65. The first kappa shape index (κ1) is 10.9. The number of carbonyl (C=O) groups is 1. The van der Waals surface area contributed by atoms with Gasteiger partial charge in [0, 0.05) is 44.2 Å².